The molecule has 0 aromatic heterocycles. The van der Waals surface area contributed by atoms with Gasteiger partial charge < -0.3 is 16.0 Å². The number of rotatable bonds is 3. The lowest BCUT2D eigenvalue weighted by atomic mass is 9.54. The number of carbonyl (C=O) groups excluding carboxylic acids is 2. The van der Waals surface area contributed by atoms with Crippen molar-refractivity contribution < 1.29 is 9.59 Å². The minimum absolute atomic E-state index is 0.0361. The summed E-state index contributed by atoms with van der Waals surface area (Å²) in [6.45, 7) is 2.03. The number of hydrogen-bond donors (Lipinski definition) is 3. The molecule has 0 radical (unpaired) electrons. The SMILES string of the molecule is CC(NC(=O)NC1C2CC3CC(C2)CC1C3)c1ccc2c(c1)CCC(=O)N2. The first-order valence-corrected chi connectivity index (χ1v) is 10.5. The Morgan fingerprint density at radius 2 is 1.78 bits per heavy atom. The Morgan fingerprint density at radius 1 is 1.07 bits per heavy atom. The van der Waals surface area contributed by atoms with Crippen LogP contribution in [-0.2, 0) is 11.2 Å². The van der Waals surface area contributed by atoms with Gasteiger partial charge in [0.1, 0.15) is 0 Å². The number of urea groups is 1. The van der Waals surface area contributed by atoms with Crippen LogP contribution in [0.4, 0.5) is 10.5 Å². The molecule has 1 atom stereocenters. The summed E-state index contributed by atoms with van der Waals surface area (Å²) in [7, 11) is 0. The summed E-state index contributed by atoms with van der Waals surface area (Å²) >= 11 is 0. The maximum atomic E-state index is 12.7. The summed E-state index contributed by atoms with van der Waals surface area (Å²) in [6, 6.07) is 6.34. The average Bonchev–Trinajstić information content (AvgIpc) is 2.63. The molecule has 6 rings (SSSR count). The fourth-order valence-corrected chi connectivity index (χ4v) is 6.31. The van der Waals surface area contributed by atoms with Crippen LogP contribution in [0.5, 0.6) is 0 Å². The third kappa shape index (κ3) is 3.21. The van der Waals surface area contributed by atoms with Gasteiger partial charge >= 0.3 is 6.03 Å². The molecule has 3 N–H and O–H groups in total. The minimum atomic E-state index is -0.0511. The number of carbonyl (C=O) groups is 2. The highest BCUT2D eigenvalue weighted by molar-refractivity contribution is 5.93. The van der Waals surface area contributed by atoms with E-state index in [9.17, 15) is 9.59 Å². The zero-order valence-electron chi connectivity index (χ0n) is 16.0. The van der Waals surface area contributed by atoms with Gasteiger partial charge in [0, 0.05) is 18.2 Å². The van der Waals surface area contributed by atoms with Gasteiger partial charge in [0.2, 0.25) is 5.91 Å². The standard InChI is InChI=1S/C22H29N3O2/c1-12(15-2-4-19-16(11-15)3-5-20(26)24-19)23-22(27)25-21-17-7-13-6-14(9-17)10-18(21)8-13/h2,4,11-14,17-18,21H,3,5-10H2,1H3,(H,24,26)(H2,23,25,27). The van der Waals surface area contributed by atoms with E-state index in [2.05, 4.69) is 22.0 Å². The van der Waals surface area contributed by atoms with Crippen molar-refractivity contribution in [1.29, 1.82) is 0 Å². The number of nitrogens with one attached hydrogen (secondary N) is 3. The number of benzene rings is 1. The van der Waals surface area contributed by atoms with Crippen molar-refractivity contribution >= 4 is 17.6 Å². The van der Waals surface area contributed by atoms with Crippen molar-refractivity contribution in [1.82, 2.24) is 10.6 Å². The summed E-state index contributed by atoms with van der Waals surface area (Å²) in [5.74, 6) is 3.30. The van der Waals surface area contributed by atoms with Crippen LogP contribution in [-0.4, -0.2) is 18.0 Å². The second-order valence-electron chi connectivity index (χ2n) is 9.26. The lowest BCUT2D eigenvalue weighted by Crippen LogP contribution is -2.57. The first-order chi connectivity index (χ1) is 13.0. The molecule has 27 heavy (non-hydrogen) atoms. The Labute approximate surface area is 160 Å². The Balaban J connectivity index is 1.22. The molecule has 5 aliphatic rings. The molecule has 5 nitrogen and oxygen atoms in total. The monoisotopic (exact) mass is 367 g/mol. The van der Waals surface area contributed by atoms with Crippen molar-refractivity contribution in [2.45, 2.75) is 64.0 Å². The first kappa shape index (κ1) is 17.1. The van der Waals surface area contributed by atoms with Crippen LogP contribution in [0.1, 0.15) is 62.6 Å². The second-order valence-corrected chi connectivity index (χ2v) is 9.26. The molecule has 4 fully saturated rings. The summed E-state index contributed by atoms with van der Waals surface area (Å²) < 4.78 is 0. The zero-order valence-corrected chi connectivity index (χ0v) is 16.0. The fraction of sp³-hybridized carbons (Fsp3) is 0.636. The molecule has 5 heteroatoms. The molecule has 3 amide bonds. The van der Waals surface area contributed by atoms with Crippen molar-refractivity contribution in [3.05, 3.63) is 29.3 Å². The van der Waals surface area contributed by atoms with Crippen LogP contribution >= 0.6 is 0 Å². The largest absolute Gasteiger partial charge is 0.335 e. The molecular weight excluding hydrogens is 338 g/mol. The molecule has 144 valence electrons. The minimum Gasteiger partial charge on any atom is -0.335 e. The van der Waals surface area contributed by atoms with Crippen LogP contribution in [0.25, 0.3) is 0 Å². The molecule has 0 saturated heterocycles. The highest BCUT2D eigenvalue weighted by Gasteiger charge is 2.48. The normalized spacial score (nSPS) is 34.6. The van der Waals surface area contributed by atoms with Gasteiger partial charge in [-0.15, -0.1) is 0 Å². The Morgan fingerprint density at radius 3 is 2.48 bits per heavy atom. The molecule has 1 aliphatic heterocycles. The third-order valence-electron chi connectivity index (χ3n) is 7.40. The van der Waals surface area contributed by atoms with E-state index in [1.165, 1.54) is 32.1 Å². The van der Waals surface area contributed by atoms with Gasteiger partial charge in [0.15, 0.2) is 0 Å². The van der Waals surface area contributed by atoms with Crippen molar-refractivity contribution in [3.63, 3.8) is 0 Å². The van der Waals surface area contributed by atoms with Gasteiger partial charge in [-0.3, -0.25) is 4.79 Å². The molecule has 0 spiro atoms. The molecular formula is C22H29N3O2. The number of anilines is 1. The Hall–Kier alpha value is -2.04. The van der Waals surface area contributed by atoms with Crippen molar-refractivity contribution in [2.75, 3.05) is 5.32 Å². The van der Waals surface area contributed by atoms with Crippen molar-refractivity contribution in [2.24, 2.45) is 23.7 Å². The van der Waals surface area contributed by atoms with E-state index in [-0.39, 0.29) is 18.0 Å². The van der Waals surface area contributed by atoms with E-state index in [0.29, 0.717) is 24.3 Å². The van der Waals surface area contributed by atoms with E-state index < -0.39 is 0 Å². The van der Waals surface area contributed by atoms with E-state index in [4.69, 9.17) is 0 Å². The van der Waals surface area contributed by atoms with Gasteiger partial charge in [-0.05, 0) is 86.3 Å². The van der Waals surface area contributed by atoms with E-state index in [1.54, 1.807) is 0 Å². The number of aryl methyl sites for hydroxylation is 1. The van der Waals surface area contributed by atoms with Crippen LogP contribution < -0.4 is 16.0 Å². The predicted molar refractivity (Wildman–Crippen MR) is 104 cm³/mol. The first-order valence-electron chi connectivity index (χ1n) is 10.5. The third-order valence-corrected chi connectivity index (χ3v) is 7.40. The van der Waals surface area contributed by atoms with Gasteiger partial charge in [-0.2, -0.15) is 0 Å². The molecule has 1 aromatic rings. The molecule has 4 bridgehead atoms. The maximum Gasteiger partial charge on any atom is 0.315 e. The van der Waals surface area contributed by atoms with E-state index >= 15 is 0 Å². The maximum absolute atomic E-state index is 12.7. The summed E-state index contributed by atoms with van der Waals surface area (Å²) in [6.07, 6.45) is 7.97. The Kier molecular flexibility index (Phi) is 4.14. The van der Waals surface area contributed by atoms with E-state index in [0.717, 1.165) is 35.1 Å². The summed E-state index contributed by atoms with van der Waals surface area (Å²) in [4.78, 5) is 24.2. The van der Waals surface area contributed by atoms with Gasteiger partial charge in [0.05, 0.1) is 6.04 Å². The lowest BCUT2D eigenvalue weighted by molar-refractivity contribution is -0.116. The predicted octanol–water partition coefficient (Wildman–Crippen LogP) is 3.76. The topological polar surface area (TPSA) is 70.2 Å². The second kappa shape index (κ2) is 6.54. The Bertz CT molecular complexity index is 747. The smallest absolute Gasteiger partial charge is 0.315 e. The van der Waals surface area contributed by atoms with Crippen molar-refractivity contribution in [3.8, 4) is 0 Å². The van der Waals surface area contributed by atoms with Crippen LogP contribution in [0.15, 0.2) is 18.2 Å². The molecule has 1 heterocycles. The fourth-order valence-electron chi connectivity index (χ4n) is 6.31. The van der Waals surface area contributed by atoms with Gasteiger partial charge in [-0.25, -0.2) is 4.79 Å². The summed E-state index contributed by atoms with van der Waals surface area (Å²) in [5.41, 5.74) is 3.15. The molecule has 4 aliphatic carbocycles. The number of fused-ring (bicyclic) bond motifs is 1. The summed E-state index contributed by atoms with van der Waals surface area (Å²) in [5, 5.41) is 9.37. The van der Waals surface area contributed by atoms with Crippen LogP contribution in [0.2, 0.25) is 0 Å². The number of amides is 3. The molecule has 4 saturated carbocycles. The molecule has 1 unspecified atom stereocenters. The zero-order chi connectivity index (χ0) is 18.5. The lowest BCUT2D eigenvalue weighted by Gasteiger charge is -2.54. The quantitative estimate of drug-likeness (QED) is 0.761. The highest BCUT2D eigenvalue weighted by Crippen LogP contribution is 2.53. The average molecular weight is 367 g/mol. The van der Waals surface area contributed by atoms with Gasteiger partial charge in [-0.1, -0.05) is 12.1 Å². The number of hydrogen-bond acceptors (Lipinski definition) is 2. The van der Waals surface area contributed by atoms with Crippen LogP contribution in [0, 0.1) is 23.7 Å². The van der Waals surface area contributed by atoms with Crippen LogP contribution in [0.3, 0.4) is 0 Å². The molecule has 1 aromatic carbocycles. The van der Waals surface area contributed by atoms with E-state index in [1.807, 2.05) is 19.1 Å². The highest BCUT2D eigenvalue weighted by atomic mass is 16.2. The van der Waals surface area contributed by atoms with Gasteiger partial charge in [0.25, 0.3) is 0 Å².